The molecule has 0 bridgehead atoms. The van der Waals surface area contributed by atoms with Crippen LogP contribution in [0, 0.1) is 5.92 Å². The number of nitrogens with one attached hydrogen (secondary N) is 1. The van der Waals surface area contributed by atoms with Crippen LogP contribution in [0.5, 0.6) is 5.75 Å². The van der Waals surface area contributed by atoms with Gasteiger partial charge < -0.3 is 10.1 Å². The van der Waals surface area contributed by atoms with Gasteiger partial charge in [-0.25, -0.2) is 0 Å². The Balaban J connectivity index is 1.40. The molecule has 3 nitrogen and oxygen atoms in total. The number of benzene rings is 1. The Morgan fingerprint density at radius 2 is 2.05 bits per heavy atom. The molecule has 0 saturated heterocycles. The van der Waals surface area contributed by atoms with E-state index in [0.717, 1.165) is 43.4 Å². The molecule has 108 valence electrons. The molecule has 0 amide bonds. The van der Waals surface area contributed by atoms with Gasteiger partial charge in [-0.1, -0.05) is 18.2 Å². The second-order valence-corrected chi connectivity index (χ2v) is 6.51. The Morgan fingerprint density at radius 3 is 2.85 bits per heavy atom. The molecule has 1 N–H and O–H groups in total. The summed E-state index contributed by atoms with van der Waals surface area (Å²) in [6.07, 6.45) is 5.53. The Kier molecular flexibility index (Phi) is 3.41. The summed E-state index contributed by atoms with van der Waals surface area (Å²) >= 11 is 0. The van der Waals surface area contributed by atoms with Crippen molar-refractivity contribution in [1.82, 2.24) is 10.2 Å². The average Bonchev–Trinajstić information content (AvgIpc) is 3.24. The number of rotatable bonds is 4. The average molecular weight is 272 g/mol. The molecule has 1 aromatic carbocycles. The van der Waals surface area contributed by atoms with Gasteiger partial charge in [-0.05, 0) is 44.2 Å². The topological polar surface area (TPSA) is 24.5 Å². The predicted molar refractivity (Wildman–Crippen MR) is 79.9 cm³/mol. The van der Waals surface area contributed by atoms with E-state index < -0.39 is 0 Å². The lowest BCUT2D eigenvalue weighted by Gasteiger charge is -2.44. The van der Waals surface area contributed by atoms with Crippen molar-refractivity contribution < 1.29 is 4.74 Å². The Morgan fingerprint density at radius 1 is 1.15 bits per heavy atom. The Hall–Kier alpha value is -1.06. The Bertz CT molecular complexity index is 472. The molecule has 1 aromatic rings. The smallest absolute Gasteiger partial charge is 0.123 e. The summed E-state index contributed by atoms with van der Waals surface area (Å²) in [5.74, 6) is 1.93. The lowest BCUT2D eigenvalue weighted by Crippen LogP contribution is -2.51. The first-order valence-electron chi connectivity index (χ1n) is 8.08. The zero-order valence-corrected chi connectivity index (χ0v) is 12.1. The molecule has 20 heavy (non-hydrogen) atoms. The maximum absolute atomic E-state index is 5.88. The molecule has 1 aliphatic heterocycles. The number of nitrogens with zero attached hydrogens (tertiary/aromatic N) is 1. The molecular formula is C17H24N2O. The van der Waals surface area contributed by atoms with E-state index in [1.54, 1.807) is 0 Å². The molecule has 0 aromatic heterocycles. The van der Waals surface area contributed by atoms with E-state index >= 15 is 0 Å². The molecular weight excluding hydrogens is 248 g/mol. The van der Waals surface area contributed by atoms with Gasteiger partial charge in [0.2, 0.25) is 0 Å². The number of fused-ring (bicyclic) bond motifs is 1. The van der Waals surface area contributed by atoms with E-state index in [1.165, 1.54) is 37.8 Å². The number of para-hydroxylation sites is 1. The van der Waals surface area contributed by atoms with Crippen molar-refractivity contribution in [3.63, 3.8) is 0 Å². The maximum Gasteiger partial charge on any atom is 0.123 e. The third kappa shape index (κ3) is 2.57. The first-order valence-corrected chi connectivity index (χ1v) is 8.08. The van der Waals surface area contributed by atoms with Gasteiger partial charge in [0, 0.05) is 30.7 Å². The van der Waals surface area contributed by atoms with Crippen molar-refractivity contribution in [3.8, 4) is 5.75 Å². The van der Waals surface area contributed by atoms with Gasteiger partial charge in [-0.15, -0.1) is 0 Å². The minimum atomic E-state index is 0.760. The SMILES string of the molecule is c1ccc2c(c1)CN(C1CCC1CNC1CC1)CCO2. The first kappa shape index (κ1) is 12.7. The molecule has 3 aliphatic rings. The van der Waals surface area contributed by atoms with Crippen LogP contribution in [0.1, 0.15) is 31.2 Å². The second-order valence-electron chi connectivity index (χ2n) is 6.51. The van der Waals surface area contributed by atoms with Crippen molar-refractivity contribution in [2.45, 2.75) is 44.3 Å². The van der Waals surface area contributed by atoms with Crippen molar-refractivity contribution in [2.75, 3.05) is 19.7 Å². The van der Waals surface area contributed by atoms with Crippen molar-refractivity contribution in [3.05, 3.63) is 29.8 Å². The summed E-state index contributed by atoms with van der Waals surface area (Å²) in [5, 5.41) is 3.70. The normalized spacial score (nSPS) is 30.0. The van der Waals surface area contributed by atoms with Crippen LogP contribution in [0.15, 0.2) is 24.3 Å². The fraction of sp³-hybridized carbons (Fsp3) is 0.647. The summed E-state index contributed by atoms with van der Waals surface area (Å²) in [4.78, 5) is 2.65. The van der Waals surface area contributed by atoms with Gasteiger partial charge in [0.05, 0.1) is 0 Å². The number of hydrogen-bond acceptors (Lipinski definition) is 3. The molecule has 3 heteroatoms. The van der Waals surface area contributed by atoms with Gasteiger partial charge >= 0.3 is 0 Å². The van der Waals surface area contributed by atoms with Crippen LogP contribution in [0.4, 0.5) is 0 Å². The minimum Gasteiger partial charge on any atom is -0.492 e. The summed E-state index contributed by atoms with van der Waals surface area (Å²) in [6, 6.07) is 10.1. The highest BCUT2D eigenvalue weighted by molar-refractivity contribution is 5.33. The van der Waals surface area contributed by atoms with E-state index in [2.05, 4.69) is 34.5 Å². The number of hydrogen-bond donors (Lipinski definition) is 1. The highest BCUT2D eigenvalue weighted by Crippen LogP contribution is 2.35. The lowest BCUT2D eigenvalue weighted by atomic mass is 9.78. The highest BCUT2D eigenvalue weighted by Gasteiger charge is 2.37. The standard InChI is InChI=1S/C17H24N2O/c1-2-4-17-14(3-1)12-19(9-10-20-17)16-8-5-13(16)11-18-15-6-7-15/h1-4,13,15-16,18H,5-12H2. The van der Waals surface area contributed by atoms with E-state index in [4.69, 9.17) is 4.74 Å². The minimum absolute atomic E-state index is 0.760. The zero-order chi connectivity index (χ0) is 13.4. The molecule has 4 rings (SSSR count). The van der Waals surface area contributed by atoms with E-state index in [1.807, 2.05) is 0 Å². The van der Waals surface area contributed by atoms with E-state index in [9.17, 15) is 0 Å². The molecule has 2 atom stereocenters. The predicted octanol–water partition coefficient (Wildman–Crippen LogP) is 2.41. The van der Waals surface area contributed by atoms with Crippen molar-refractivity contribution in [1.29, 1.82) is 0 Å². The van der Waals surface area contributed by atoms with Crippen LogP contribution >= 0.6 is 0 Å². The van der Waals surface area contributed by atoms with Crippen LogP contribution in [0.3, 0.4) is 0 Å². The molecule has 0 radical (unpaired) electrons. The second kappa shape index (κ2) is 5.38. The maximum atomic E-state index is 5.88. The summed E-state index contributed by atoms with van der Waals surface area (Å²) < 4.78 is 5.88. The number of ether oxygens (including phenoxy) is 1. The summed E-state index contributed by atoms with van der Waals surface area (Å²) in [7, 11) is 0. The van der Waals surface area contributed by atoms with Crippen LogP contribution in [-0.4, -0.2) is 36.7 Å². The highest BCUT2D eigenvalue weighted by atomic mass is 16.5. The van der Waals surface area contributed by atoms with E-state index in [0.29, 0.717) is 0 Å². The first-order chi connectivity index (χ1) is 9.90. The Labute approximate surface area is 121 Å². The van der Waals surface area contributed by atoms with E-state index in [-0.39, 0.29) is 0 Å². The largest absolute Gasteiger partial charge is 0.492 e. The summed E-state index contributed by atoms with van der Waals surface area (Å²) in [6.45, 7) is 4.17. The fourth-order valence-corrected chi connectivity index (χ4v) is 3.50. The van der Waals surface area contributed by atoms with Gasteiger partial charge in [0.1, 0.15) is 12.4 Å². The zero-order valence-electron chi connectivity index (χ0n) is 12.1. The van der Waals surface area contributed by atoms with Gasteiger partial charge in [0.15, 0.2) is 0 Å². The van der Waals surface area contributed by atoms with Crippen LogP contribution in [0.25, 0.3) is 0 Å². The molecule has 2 saturated carbocycles. The third-order valence-electron chi connectivity index (χ3n) is 5.07. The molecule has 0 spiro atoms. The van der Waals surface area contributed by atoms with Crippen LogP contribution in [-0.2, 0) is 6.54 Å². The van der Waals surface area contributed by atoms with Crippen LogP contribution < -0.4 is 10.1 Å². The molecule has 2 fully saturated rings. The van der Waals surface area contributed by atoms with Gasteiger partial charge in [0.25, 0.3) is 0 Å². The monoisotopic (exact) mass is 272 g/mol. The molecule has 2 aliphatic carbocycles. The molecule has 1 heterocycles. The summed E-state index contributed by atoms with van der Waals surface area (Å²) in [5.41, 5.74) is 1.35. The van der Waals surface area contributed by atoms with Crippen molar-refractivity contribution in [2.24, 2.45) is 5.92 Å². The van der Waals surface area contributed by atoms with Crippen LogP contribution in [0.2, 0.25) is 0 Å². The van der Waals surface area contributed by atoms with Gasteiger partial charge in [-0.3, -0.25) is 4.90 Å². The third-order valence-corrected chi connectivity index (χ3v) is 5.07. The van der Waals surface area contributed by atoms with Gasteiger partial charge in [-0.2, -0.15) is 0 Å². The fourth-order valence-electron chi connectivity index (χ4n) is 3.50. The quantitative estimate of drug-likeness (QED) is 0.911. The lowest BCUT2D eigenvalue weighted by molar-refractivity contribution is 0.0512. The molecule has 2 unspecified atom stereocenters. The van der Waals surface area contributed by atoms with Crippen molar-refractivity contribution >= 4 is 0 Å².